The van der Waals surface area contributed by atoms with Crippen LogP contribution < -0.4 is 10.2 Å². The number of carbonyl (C=O) groups is 3. The lowest BCUT2D eigenvalue weighted by Crippen LogP contribution is -2.43. The summed E-state index contributed by atoms with van der Waals surface area (Å²) in [5.41, 5.74) is 11.0. The van der Waals surface area contributed by atoms with Crippen LogP contribution in [-0.2, 0) is 44.2 Å². The predicted molar refractivity (Wildman–Crippen MR) is 221 cm³/mol. The molecule has 2 aliphatic heterocycles. The van der Waals surface area contributed by atoms with Crippen LogP contribution in [0, 0.1) is 6.92 Å². The van der Waals surface area contributed by atoms with Gasteiger partial charge in [-0.2, -0.15) is 0 Å². The van der Waals surface area contributed by atoms with Crippen molar-refractivity contribution in [1.29, 1.82) is 0 Å². The third kappa shape index (κ3) is 7.94. The van der Waals surface area contributed by atoms with Gasteiger partial charge in [-0.1, -0.05) is 54.6 Å². The highest BCUT2D eigenvalue weighted by atomic mass is 16.2. The topological polar surface area (TPSA) is 81.1 Å². The molecule has 9 nitrogen and oxygen atoms in total. The van der Waals surface area contributed by atoms with E-state index in [4.69, 9.17) is 0 Å². The standard InChI is InChI=1S/C46H52N6O3/c1-31-24-34-12-10-11-13-36(34)30-52(31)46(55)42-27-37-29-51(44(53)25-33-16-18-38(19-17-33)47-21-23-48(3)4)22-20-35(37)26-41(42)43-28-40(32(2)49(43)5)45(54)50(6)39-14-8-7-9-15-39/h7-19,26-28,31,47H,20-25,29-30H2,1-6H3/t31-/m1/s1. The lowest BCUT2D eigenvalue weighted by atomic mass is 9.89. The Morgan fingerprint density at radius 2 is 1.51 bits per heavy atom. The van der Waals surface area contributed by atoms with Gasteiger partial charge in [0, 0.05) is 86.8 Å². The summed E-state index contributed by atoms with van der Waals surface area (Å²) < 4.78 is 2.03. The first-order chi connectivity index (χ1) is 26.5. The molecule has 9 heteroatoms. The first-order valence-corrected chi connectivity index (χ1v) is 19.3. The maximum atomic E-state index is 14.9. The monoisotopic (exact) mass is 736 g/mol. The molecule has 0 saturated carbocycles. The van der Waals surface area contributed by atoms with Crippen molar-refractivity contribution in [2.45, 2.75) is 52.2 Å². The van der Waals surface area contributed by atoms with Gasteiger partial charge in [0.1, 0.15) is 0 Å². The largest absolute Gasteiger partial charge is 0.384 e. The third-order valence-electron chi connectivity index (χ3n) is 11.4. The Morgan fingerprint density at radius 1 is 0.800 bits per heavy atom. The van der Waals surface area contributed by atoms with E-state index in [1.165, 1.54) is 5.56 Å². The Kier molecular flexibility index (Phi) is 10.9. The van der Waals surface area contributed by atoms with Crippen molar-refractivity contribution in [2.75, 3.05) is 51.0 Å². The predicted octanol–water partition coefficient (Wildman–Crippen LogP) is 6.97. The van der Waals surface area contributed by atoms with Crippen molar-refractivity contribution in [3.05, 3.63) is 142 Å². The minimum Gasteiger partial charge on any atom is -0.384 e. The van der Waals surface area contributed by atoms with Crippen LogP contribution in [0.3, 0.4) is 0 Å². The highest BCUT2D eigenvalue weighted by Gasteiger charge is 2.32. The minimum atomic E-state index is -0.109. The molecule has 1 atom stereocenters. The molecule has 0 bridgehead atoms. The first-order valence-electron chi connectivity index (χ1n) is 19.3. The van der Waals surface area contributed by atoms with Crippen LogP contribution in [0.25, 0.3) is 11.3 Å². The summed E-state index contributed by atoms with van der Waals surface area (Å²) in [6.07, 6.45) is 1.78. The van der Waals surface area contributed by atoms with E-state index < -0.39 is 0 Å². The smallest absolute Gasteiger partial charge is 0.259 e. The Morgan fingerprint density at radius 3 is 2.24 bits per heavy atom. The minimum absolute atomic E-state index is 0.00531. The number of aromatic nitrogens is 1. The Hall–Kier alpha value is -5.67. The van der Waals surface area contributed by atoms with Crippen LogP contribution in [-0.4, -0.2) is 83.8 Å². The van der Waals surface area contributed by atoms with Crippen molar-refractivity contribution in [3.8, 4) is 11.3 Å². The third-order valence-corrected chi connectivity index (χ3v) is 11.4. The number of carbonyl (C=O) groups excluding carboxylic acids is 3. The quantitative estimate of drug-likeness (QED) is 0.168. The van der Waals surface area contributed by atoms with Crippen LogP contribution in [0.4, 0.5) is 11.4 Å². The first kappa shape index (κ1) is 37.6. The number of nitrogens with zero attached hydrogens (tertiary/aromatic N) is 5. The average molecular weight is 737 g/mol. The molecule has 2 aliphatic rings. The summed E-state index contributed by atoms with van der Waals surface area (Å²) in [7, 11) is 7.86. The normalized spacial score (nSPS) is 15.1. The second-order valence-corrected chi connectivity index (χ2v) is 15.4. The molecule has 1 N–H and O–H groups in total. The van der Waals surface area contributed by atoms with Crippen molar-refractivity contribution in [2.24, 2.45) is 7.05 Å². The Labute approximate surface area is 325 Å². The van der Waals surface area contributed by atoms with E-state index in [1.54, 1.807) is 11.9 Å². The molecule has 4 aromatic carbocycles. The molecule has 55 heavy (non-hydrogen) atoms. The van der Waals surface area contributed by atoms with Gasteiger partial charge in [0.2, 0.25) is 5.91 Å². The number of fused-ring (bicyclic) bond motifs is 2. The Balaban J connectivity index is 1.19. The SMILES string of the molecule is Cc1c(C(=O)N(C)c2ccccc2)cc(-c2cc3c(cc2C(=O)N2Cc4ccccc4C[C@H]2C)CN(C(=O)Cc2ccc(NCCN(C)C)cc2)CC3)n1C. The van der Waals surface area contributed by atoms with E-state index in [0.29, 0.717) is 43.6 Å². The molecule has 0 saturated heterocycles. The number of para-hydroxylation sites is 1. The van der Waals surface area contributed by atoms with Gasteiger partial charge in [0.25, 0.3) is 11.8 Å². The van der Waals surface area contributed by atoms with Crippen LogP contribution >= 0.6 is 0 Å². The summed E-state index contributed by atoms with van der Waals surface area (Å²) in [6, 6.07) is 32.2. The lowest BCUT2D eigenvalue weighted by Gasteiger charge is -2.36. The van der Waals surface area contributed by atoms with Gasteiger partial charge in [-0.25, -0.2) is 0 Å². The van der Waals surface area contributed by atoms with Gasteiger partial charge in [-0.3, -0.25) is 14.4 Å². The molecule has 5 aromatic rings. The van der Waals surface area contributed by atoms with E-state index in [0.717, 1.165) is 70.1 Å². The fourth-order valence-electron chi connectivity index (χ4n) is 7.89. The van der Waals surface area contributed by atoms with Crippen molar-refractivity contribution < 1.29 is 14.4 Å². The molecule has 0 radical (unpaired) electrons. The highest BCUT2D eigenvalue weighted by molar-refractivity contribution is 6.08. The van der Waals surface area contributed by atoms with Crippen molar-refractivity contribution >= 4 is 29.1 Å². The summed E-state index contributed by atoms with van der Waals surface area (Å²) in [4.78, 5) is 50.2. The Bertz CT molecular complexity index is 2210. The summed E-state index contributed by atoms with van der Waals surface area (Å²) >= 11 is 0. The summed E-state index contributed by atoms with van der Waals surface area (Å²) in [5, 5.41) is 3.43. The molecule has 3 amide bonds. The van der Waals surface area contributed by atoms with Crippen molar-refractivity contribution in [1.82, 2.24) is 19.3 Å². The highest BCUT2D eigenvalue weighted by Crippen LogP contribution is 2.36. The van der Waals surface area contributed by atoms with Gasteiger partial charge in [0.05, 0.1) is 12.0 Å². The van der Waals surface area contributed by atoms with E-state index in [-0.39, 0.29) is 23.8 Å². The zero-order valence-electron chi connectivity index (χ0n) is 32.9. The van der Waals surface area contributed by atoms with Gasteiger partial charge in [-0.15, -0.1) is 0 Å². The number of likely N-dealkylation sites (N-methyl/N-ethyl adjacent to an activating group) is 1. The molecule has 0 spiro atoms. The van der Waals surface area contributed by atoms with Crippen LogP contribution in [0.15, 0.2) is 97.1 Å². The summed E-state index contributed by atoms with van der Waals surface area (Å²) in [5.74, 6) is -0.0846. The number of nitrogens with one attached hydrogen (secondary N) is 1. The fraction of sp³-hybridized carbons (Fsp3) is 0.326. The van der Waals surface area contributed by atoms with E-state index in [9.17, 15) is 14.4 Å². The number of hydrogen-bond donors (Lipinski definition) is 1. The summed E-state index contributed by atoms with van der Waals surface area (Å²) in [6.45, 7) is 7.42. The second-order valence-electron chi connectivity index (χ2n) is 15.4. The molecule has 3 heterocycles. The van der Waals surface area contributed by atoms with Gasteiger partial charge in [-0.05, 0) is 111 Å². The maximum Gasteiger partial charge on any atom is 0.259 e. The molecule has 0 unspecified atom stereocenters. The van der Waals surface area contributed by atoms with Crippen LogP contribution in [0.2, 0.25) is 0 Å². The van der Waals surface area contributed by atoms with E-state index >= 15 is 0 Å². The molecule has 0 fully saturated rings. The molecule has 284 valence electrons. The van der Waals surface area contributed by atoms with Crippen molar-refractivity contribution in [3.63, 3.8) is 0 Å². The number of hydrogen-bond acceptors (Lipinski definition) is 5. The second kappa shape index (κ2) is 16.0. The number of anilines is 2. The molecular weight excluding hydrogens is 685 g/mol. The van der Waals surface area contributed by atoms with E-state index in [2.05, 4.69) is 55.5 Å². The lowest BCUT2D eigenvalue weighted by molar-refractivity contribution is -0.131. The molecule has 7 rings (SSSR count). The van der Waals surface area contributed by atoms with E-state index in [1.807, 2.05) is 101 Å². The molecular formula is C46H52N6O3. The number of benzene rings is 4. The van der Waals surface area contributed by atoms with Gasteiger partial charge < -0.3 is 29.5 Å². The molecule has 1 aromatic heterocycles. The van der Waals surface area contributed by atoms with Crippen LogP contribution in [0.5, 0.6) is 0 Å². The number of rotatable bonds is 10. The van der Waals surface area contributed by atoms with Gasteiger partial charge in [0.15, 0.2) is 0 Å². The maximum absolute atomic E-state index is 14.9. The average Bonchev–Trinajstić information content (AvgIpc) is 3.49. The van der Waals surface area contributed by atoms with Crippen LogP contribution in [0.1, 0.15) is 61.2 Å². The zero-order valence-corrected chi connectivity index (χ0v) is 32.9. The van der Waals surface area contributed by atoms with Gasteiger partial charge >= 0.3 is 0 Å². The zero-order chi connectivity index (χ0) is 38.8. The number of amides is 3. The molecule has 0 aliphatic carbocycles. The fourth-order valence-corrected chi connectivity index (χ4v) is 7.89.